The zero-order chi connectivity index (χ0) is 12.3. The summed E-state index contributed by atoms with van der Waals surface area (Å²) < 4.78 is 0. The molecule has 0 aliphatic rings. The summed E-state index contributed by atoms with van der Waals surface area (Å²) in [6.45, 7) is 6.62. The molecule has 0 saturated heterocycles. The average molecular weight is 223 g/mol. The Hall–Kier alpha value is -1.06. The third-order valence-corrected chi connectivity index (χ3v) is 2.61. The maximum atomic E-state index is 9.91. The molecule has 1 atom stereocenters. The van der Waals surface area contributed by atoms with Crippen molar-refractivity contribution >= 4 is 0 Å². The maximum absolute atomic E-state index is 9.91. The predicted octanol–water partition coefficient (Wildman–Crippen LogP) is 1.94. The Bertz CT molecular complexity index is 355. The van der Waals surface area contributed by atoms with Crippen LogP contribution in [0.25, 0.3) is 0 Å². The van der Waals surface area contributed by atoms with E-state index in [0.717, 1.165) is 11.1 Å². The van der Waals surface area contributed by atoms with Gasteiger partial charge < -0.3 is 15.5 Å². The number of aliphatic hydroxyl groups is 1. The van der Waals surface area contributed by atoms with Crippen molar-refractivity contribution in [2.45, 2.75) is 32.3 Å². The normalized spacial score (nSPS) is 13.8. The van der Waals surface area contributed by atoms with Crippen molar-refractivity contribution in [1.29, 1.82) is 0 Å². The summed E-state index contributed by atoms with van der Waals surface area (Å²) in [6, 6.07) is 5.38. The molecule has 0 fully saturated rings. The number of phenols is 1. The third kappa shape index (κ3) is 2.97. The Labute approximate surface area is 97.1 Å². The molecule has 1 unspecified atom stereocenters. The topological polar surface area (TPSA) is 52.5 Å². The van der Waals surface area contributed by atoms with Crippen molar-refractivity contribution in [1.82, 2.24) is 5.32 Å². The highest BCUT2D eigenvalue weighted by atomic mass is 16.3. The largest absolute Gasteiger partial charge is 0.508 e. The zero-order valence-electron chi connectivity index (χ0n) is 10.4. The second kappa shape index (κ2) is 4.85. The minimum absolute atomic E-state index is 0.0867. The van der Waals surface area contributed by atoms with Gasteiger partial charge in [0.25, 0.3) is 0 Å². The van der Waals surface area contributed by atoms with Crippen LogP contribution in [0.2, 0.25) is 0 Å². The van der Waals surface area contributed by atoms with Crippen LogP contribution in [-0.2, 0) is 5.41 Å². The molecule has 3 N–H and O–H groups in total. The Morgan fingerprint density at radius 3 is 2.38 bits per heavy atom. The molecule has 90 valence electrons. The molecule has 0 bridgehead atoms. The smallest absolute Gasteiger partial charge is 0.119 e. The third-order valence-electron chi connectivity index (χ3n) is 2.61. The number of phenolic OH excluding ortho intramolecular Hbond substituents is 1. The number of aromatic hydroxyl groups is 1. The molecular weight excluding hydrogens is 202 g/mol. The summed E-state index contributed by atoms with van der Waals surface area (Å²) in [5, 5.41) is 22.6. The van der Waals surface area contributed by atoms with Gasteiger partial charge in [-0.1, -0.05) is 32.9 Å². The summed E-state index contributed by atoms with van der Waals surface area (Å²) in [5.41, 5.74) is 1.55. The van der Waals surface area contributed by atoms with E-state index in [2.05, 4.69) is 5.32 Å². The number of rotatable bonds is 3. The van der Waals surface area contributed by atoms with E-state index < -0.39 is 6.10 Å². The lowest BCUT2D eigenvalue weighted by atomic mass is 9.85. The molecule has 0 amide bonds. The average Bonchev–Trinajstić information content (AvgIpc) is 2.16. The second-order valence-corrected chi connectivity index (χ2v) is 5.10. The monoisotopic (exact) mass is 223 g/mol. The summed E-state index contributed by atoms with van der Waals surface area (Å²) >= 11 is 0. The van der Waals surface area contributed by atoms with Gasteiger partial charge in [-0.25, -0.2) is 0 Å². The van der Waals surface area contributed by atoms with Crippen LogP contribution in [0.15, 0.2) is 18.2 Å². The second-order valence-electron chi connectivity index (χ2n) is 5.10. The molecule has 16 heavy (non-hydrogen) atoms. The van der Waals surface area contributed by atoms with Gasteiger partial charge in [0.2, 0.25) is 0 Å². The van der Waals surface area contributed by atoms with E-state index in [9.17, 15) is 10.2 Å². The van der Waals surface area contributed by atoms with E-state index in [4.69, 9.17) is 0 Å². The number of aliphatic hydroxyl groups excluding tert-OH is 1. The van der Waals surface area contributed by atoms with Gasteiger partial charge in [0.15, 0.2) is 0 Å². The molecule has 0 saturated carbocycles. The van der Waals surface area contributed by atoms with Crippen molar-refractivity contribution in [3.05, 3.63) is 29.3 Å². The van der Waals surface area contributed by atoms with E-state index in [1.54, 1.807) is 13.1 Å². The SMILES string of the molecule is CNCC(O)c1ccc(C(C)(C)C)c(O)c1. The van der Waals surface area contributed by atoms with Gasteiger partial charge in [-0.3, -0.25) is 0 Å². The van der Waals surface area contributed by atoms with Gasteiger partial charge in [0.1, 0.15) is 5.75 Å². The lowest BCUT2D eigenvalue weighted by molar-refractivity contribution is 0.177. The lowest BCUT2D eigenvalue weighted by Crippen LogP contribution is -2.17. The van der Waals surface area contributed by atoms with Gasteiger partial charge >= 0.3 is 0 Å². The highest BCUT2D eigenvalue weighted by molar-refractivity contribution is 5.41. The minimum Gasteiger partial charge on any atom is -0.508 e. The molecule has 0 radical (unpaired) electrons. The van der Waals surface area contributed by atoms with Crippen molar-refractivity contribution in [2.75, 3.05) is 13.6 Å². The van der Waals surface area contributed by atoms with Crippen LogP contribution >= 0.6 is 0 Å². The minimum atomic E-state index is -0.579. The van der Waals surface area contributed by atoms with E-state index in [-0.39, 0.29) is 11.2 Å². The Kier molecular flexibility index (Phi) is 3.94. The van der Waals surface area contributed by atoms with Crippen LogP contribution in [0.5, 0.6) is 5.75 Å². The molecule has 0 heterocycles. The van der Waals surface area contributed by atoms with E-state index in [1.165, 1.54) is 0 Å². The Balaban J connectivity index is 3.00. The van der Waals surface area contributed by atoms with Crippen molar-refractivity contribution in [3.8, 4) is 5.75 Å². The van der Waals surface area contributed by atoms with Crippen LogP contribution in [0.4, 0.5) is 0 Å². The van der Waals surface area contributed by atoms with E-state index >= 15 is 0 Å². The molecule has 3 heteroatoms. The molecule has 1 aromatic carbocycles. The number of benzene rings is 1. The van der Waals surface area contributed by atoms with Crippen LogP contribution in [0.3, 0.4) is 0 Å². The first-order valence-corrected chi connectivity index (χ1v) is 5.52. The van der Waals surface area contributed by atoms with Crippen molar-refractivity contribution in [2.24, 2.45) is 0 Å². The number of likely N-dealkylation sites (N-methyl/N-ethyl adjacent to an activating group) is 1. The standard InChI is InChI=1S/C13H21NO2/c1-13(2,3)10-6-5-9(7-11(10)15)12(16)8-14-4/h5-7,12,14-16H,8H2,1-4H3. The summed E-state index contributed by atoms with van der Waals surface area (Å²) in [7, 11) is 1.78. The first-order chi connectivity index (χ1) is 7.36. The Morgan fingerprint density at radius 2 is 1.94 bits per heavy atom. The fourth-order valence-electron chi connectivity index (χ4n) is 1.70. The maximum Gasteiger partial charge on any atom is 0.119 e. The lowest BCUT2D eigenvalue weighted by Gasteiger charge is -2.21. The van der Waals surface area contributed by atoms with Crippen molar-refractivity contribution in [3.63, 3.8) is 0 Å². The summed E-state index contributed by atoms with van der Waals surface area (Å²) in [6.07, 6.45) is -0.579. The van der Waals surface area contributed by atoms with E-state index in [1.807, 2.05) is 32.9 Å². The van der Waals surface area contributed by atoms with Crippen molar-refractivity contribution < 1.29 is 10.2 Å². The predicted molar refractivity (Wildman–Crippen MR) is 65.7 cm³/mol. The molecule has 0 aromatic heterocycles. The van der Waals surface area contributed by atoms with Gasteiger partial charge in [0, 0.05) is 6.54 Å². The van der Waals surface area contributed by atoms with Gasteiger partial charge in [-0.15, -0.1) is 0 Å². The molecule has 0 aliphatic carbocycles. The molecule has 0 spiro atoms. The van der Waals surface area contributed by atoms with Gasteiger partial charge in [-0.2, -0.15) is 0 Å². The quantitative estimate of drug-likeness (QED) is 0.734. The highest BCUT2D eigenvalue weighted by Gasteiger charge is 2.19. The first kappa shape index (κ1) is 13.0. The van der Waals surface area contributed by atoms with Gasteiger partial charge in [0.05, 0.1) is 6.10 Å². The Morgan fingerprint density at radius 1 is 1.31 bits per heavy atom. The molecule has 1 rings (SSSR count). The van der Waals surface area contributed by atoms with Crippen LogP contribution in [0.1, 0.15) is 38.0 Å². The fraction of sp³-hybridized carbons (Fsp3) is 0.538. The molecular formula is C13H21NO2. The van der Waals surface area contributed by atoms with E-state index in [0.29, 0.717) is 6.54 Å². The van der Waals surface area contributed by atoms with Crippen LogP contribution in [0, 0.1) is 0 Å². The molecule has 3 nitrogen and oxygen atoms in total. The van der Waals surface area contributed by atoms with Crippen LogP contribution in [-0.4, -0.2) is 23.8 Å². The van der Waals surface area contributed by atoms with Crippen LogP contribution < -0.4 is 5.32 Å². The highest BCUT2D eigenvalue weighted by Crippen LogP contribution is 2.32. The fourth-order valence-corrected chi connectivity index (χ4v) is 1.70. The number of hydrogen-bond donors (Lipinski definition) is 3. The molecule has 1 aromatic rings. The number of hydrogen-bond acceptors (Lipinski definition) is 3. The van der Waals surface area contributed by atoms with Gasteiger partial charge in [-0.05, 0) is 29.7 Å². The molecule has 0 aliphatic heterocycles. The zero-order valence-corrected chi connectivity index (χ0v) is 10.4. The summed E-state index contributed by atoms with van der Waals surface area (Å²) in [4.78, 5) is 0. The first-order valence-electron chi connectivity index (χ1n) is 5.52. The summed E-state index contributed by atoms with van der Waals surface area (Å²) in [5.74, 6) is 0.250. The number of nitrogens with one attached hydrogen (secondary N) is 1.